The van der Waals surface area contributed by atoms with Crippen LogP contribution in [0.15, 0.2) is 18.2 Å². The summed E-state index contributed by atoms with van der Waals surface area (Å²) in [5.74, 6) is 0.166. The number of nitrogens with zero attached hydrogens (tertiary/aromatic N) is 1. The number of piperidine rings is 1. The highest BCUT2D eigenvalue weighted by molar-refractivity contribution is 6.42. The molecule has 0 aliphatic carbocycles. The summed E-state index contributed by atoms with van der Waals surface area (Å²) >= 11 is 12.0. The van der Waals surface area contributed by atoms with Crippen LogP contribution in [0, 0.1) is 0 Å². The van der Waals surface area contributed by atoms with E-state index in [2.05, 4.69) is 4.90 Å². The molecule has 0 unspecified atom stereocenters. The van der Waals surface area contributed by atoms with E-state index in [1.165, 1.54) is 0 Å². The van der Waals surface area contributed by atoms with Crippen molar-refractivity contribution in [1.29, 1.82) is 0 Å². The van der Waals surface area contributed by atoms with Crippen molar-refractivity contribution in [3.8, 4) is 0 Å². The van der Waals surface area contributed by atoms with Gasteiger partial charge in [-0.1, -0.05) is 35.3 Å². The quantitative estimate of drug-likeness (QED) is 0.929. The smallest absolute Gasteiger partial charge is 0.151 e. The highest BCUT2D eigenvalue weighted by Gasteiger charge is 2.18. The van der Waals surface area contributed by atoms with Gasteiger partial charge in [0.15, 0.2) is 5.78 Å². The lowest BCUT2D eigenvalue weighted by Gasteiger charge is -2.29. The Balaban J connectivity index is 1.89. The molecule has 0 atom stereocenters. The molecule has 2 rings (SSSR count). The van der Waals surface area contributed by atoms with Crippen LogP contribution in [0.2, 0.25) is 10.0 Å². The average Bonchev–Trinajstić information content (AvgIpc) is 2.38. The second-order valence-corrected chi connectivity index (χ2v) is 5.83. The number of likely N-dealkylation sites (tertiary alicyclic amines) is 1. The van der Waals surface area contributed by atoms with Crippen molar-refractivity contribution in [1.82, 2.24) is 4.90 Å². The number of nitrogens with two attached hydrogens (primary N) is 1. The van der Waals surface area contributed by atoms with Gasteiger partial charge in [0.2, 0.25) is 0 Å². The standard InChI is InChI=1S/C14H18Cl2N2O/c15-13-3-1-2-10(14(13)16)8-12(19)9-18-6-4-11(17)5-7-18/h1-3,11H,4-9,17H2. The first-order valence-electron chi connectivity index (χ1n) is 6.49. The lowest BCUT2D eigenvalue weighted by molar-refractivity contribution is -0.119. The molecule has 19 heavy (non-hydrogen) atoms. The summed E-state index contributed by atoms with van der Waals surface area (Å²) in [6.45, 7) is 2.27. The summed E-state index contributed by atoms with van der Waals surface area (Å²) < 4.78 is 0. The van der Waals surface area contributed by atoms with E-state index in [1.807, 2.05) is 12.1 Å². The van der Waals surface area contributed by atoms with Gasteiger partial charge in [0.05, 0.1) is 16.6 Å². The fourth-order valence-electron chi connectivity index (χ4n) is 2.31. The fourth-order valence-corrected chi connectivity index (χ4v) is 2.70. The van der Waals surface area contributed by atoms with Crippen molar-refractivity contribution >= 4 is 29.0 Å². The largest absolute Gasteiger partial charge is 0.328 e. The van der Waals surface area contributed by atoms with Crippen molar-refractivity contribution in [3.63, 3.8) is 0 Å². The predicted molar refractivity (Wildman–Crippen MR) is 78.8 cm³/mol. The molecule has 3 nitrogen and oxygen atoms in total. The maximum absolute atomic E-state index is 12.1. The number of carbonyl (C=O) groups excluding carboxylic acids is 1. The average molecular weight is 301 g/mol. The monoisotopic (exact) mass is 300 g/mol. The minimum Gasteiger partial charge on any atom is -0.328 e. The van der Waals surface area contributed by atoms with E-state index in [1.54, 1.807) is 6.07 Å². The zero-order valence-corrected chi connectivity index (χ0v) is 12.3. The third-order valence-electron chi connectivity index (χ3n) is 3.45. The van der Waals surface area contributed by atoms with Crippen LogP contribution in [0.3, 0.4) is 0 Å². The number of hydrogen-bond acceptors (Lipinski definition) is 3. The van der Waals surface area contributed by atoms with Gasteiger partial charge in [-0.3, -0.25) is 9.69 Å². The van der Waals surface area contributed by atoms with Gasteiger partial charge in [0.1, 0.15) is 0 Å². The molecule has 2 N–H and O–H groups in total. The normalized spacial score (nSPS) is 17.6. The van der Waals surface area contributed by atoms with Crippen molar-refractivity contribution in [2.45, 2.75) is 25.3 Å². The molecular weight excluding hydrogens is 283 g/mol. The van der Waals surface area contributed by atoms with Crippen molar-refractivity contribution in [2.24, 2.45) is 5.73 Å². The van der Waals surface area contributed by atoms with Crippen LogP contribution in [0.25, 0.3) is 0 Å². The van der Waals surface area contributed by atoms with Gasteiger partial charge in [-0.15, -0.1) is 0 Å². The molecule has 1 heterocycles. The third kappa shape index (κ3) is 4.18. The van der Waals surface area contributed by atoms with Crippen LogP contribution in [0.5, 0.6) is 0 Å². The zero-order valence-electron chi connectivity index (χ0n) is 10.7. The van der Waals surface area contributed by atoms with Crippen LogP contribution in [-0.2, 0) is 11.2 Å². The van der Waals surface area contributed by atoms with E-state index in [9.17, 15) is 4.79 Å². The van der Waals surface area contributed by atoms with Crippen molar-refractivity contribution in [3.05, 3.63) is 33.8 Å². The van der Waals surface area contributed by atoms with E-state index in [0.717, 1.165) is 31.5 Å². The summed E-state index contributed by atoms with van der Waals surface area (Å²) in [5.41, 5.74) is 6.64. The molecule has 1 aliphatic heterocycles. The Morgan fingerprint density at radius 2 is 2.00 bits per heavy atom. The number of rotatable bonds is 4. The van der Waals surface area contributed by atoms with Gasteiger partial charge in [-0.05, 0) is 24.5 Å². The molecule has 0 saturated carbocycles. The summed E-state index contributed by atoms with van der Waals surface area (Å²) in [6.07, 6.45) is 2.26. The number of Topliss-reactive ketones (excluding diaryl/α,β-unsaturated/α-hetero) is 1. The molecule has 1 saturated heterocycles. The molecule has 1 aliphatic rings. The summed E-state index contributed by atoms with van der Waals surface area (Å²) in [4.78, 5) is 14.2. The van der Waals surface area contributed by atoms with Crippen LogP contribution in [0.1, 0.15) is 18.4 Å². The second kappa shape index (κ2) is 6.71. The molecule has 0 bridgehead atoms. The molecule has 104 valence electrons. The second-order valence-electron chi connectivity index (χ2n) is 5.04. The minimum absolute atomic E-state index is 0.166. The molecular formula is C14H18Cl2N2O. The Hall–Kier alpha value is -0.610. The lowest BCUT2D eigenvalue weighted by Crippen LogP contribution is -2.42. The van der Waals surface area contributed by atoms with Crippen molar-refractivity contribution < 1.29 is 4.79 Å². The molecule has 0 aromatic heterocycles. The number of carbonyl (C=O) groups is 1. The fraction of sp³-hybridized carbons (Fsp3) is 0.500. The Bertz CT molecular complexity index is 457. The van der Waals surface area contributed by atoms with Gasteiger partial charge in [-0.2, -0.15) is 0 Å². The molecule has 5 heteroatoms. The van der Waals surface area contributed by atoms with E-state index in [0.29, 0.717) is 23.0 Å². The zero-order chi connectivity index (χ0) is 13.8. The van der Waals surface area contributed by atoms with E-state index in [-0.39, 0.29) is 11.8 Å². The SMILES string of the molecule is NC1CCN(CC(=O)Cc2cccc(Cl)c2Cl)CC1. The summed E-state index contributed by atoms with van der Waals surface area (Å²) in [6, 6.07) is 5.67. The highest BCUT2D eigenvalue weighted by atomic mass is 35.5. The van der Waals surface area contributed by atoms with Gasteiger partial charge in [-0.25, -0.2) is 0 Å². The Morgan fingerprint density at radius 3 is 2.68 bits per heavy atom. The molecule has 1 aromatic rings. The van der Waals surface area contributed by atoms with Crippen LogP contribution >= 0.6 is 23.2 Å². The first-order valence-corrected chi connectivity index (χ1v) is 7.24. The molecule has 0 spiro atoms. The Morgan fingerprint density at radius 1 is 1.32 bits per heavy atom. The lowest BCUT2D eigenvalue weighted by atomic mass is 10.0. The number of hydrogen-bond donors (Lipinski definition) is 1. The highest BCUT2D eigenvalue weighted by Crippen LogP contribution is 2.26. The topological polar surface area (TPSA) is 46.3 Å². The van der Waals surface area contributed by atoms with Gasteiger partial charge in [0, 0.05) is 25.6 Å². The summed E-state index contributed by atoms with van der Waals surface area (Å²) in [5, 5.41) is 0.981. The molecule has 0 amide bonds. The third-order valence-corrected chi connectivity index (χ3v) is 4.31. The van der Waals surface area contributed by atoms with Crippen molar-refractivity contribution in [2.75, 3.05) is 19.6 Å². The summed E-state index contributed by atoms with van der Waals surface area (Å²) in [7, 11) is 0. The molecule has 1 fully saturated rings. The Labute approximate surface area is 123 Å². The van der Waals surface area contributed by atoms with E-state index >= 15 is 0 Å². The number of ketones is 1. The maximum atomic E-state index is 12.1. The molecule has 1 aromatic carbocycles. The first-order chi connectivity index (χ1) is 9.06. The molecule has 0 radical (unpaired) electrons. The van der Waals surface area contributed by atoms with Gasteiger partial charge < -0.3 is 5.73 Å². The van der Waals surface area contributed by atoms with Gasteiger partial charge >= 0.3 is 0 Å². The number of halogens is 2. The van der Waals surface area contributed by atoms with Crippen LogP contribution < -0.4 is 5.73 Å². The Kier molecular flexibility index (Phi) is 5.22. The van der Waals surface area contributed by atoms with Gasteiger partial charge in [0.25, 0.3) is 0 Å². The maximum Gasteiger partial charge on any atom is 0.151 e. The van der Waals surface area contributed by atoms with E-state index < -0.39 is 0 Å². The first kappa shape index (κ1) is 14.8. The predicted octanol–water partition coefficient (Wildman–Crippen LogP) is 2.53. The van der Waals surface area contributed by atoms with Crippen LogP contribution in [0.4, 0.5) is 0 Å². The number of benzene rings is 1. The van der Waals surface area contributed by atoms with E-state index in [4.69, 9.17) is 28.9 Å². The van der Waals surface area contributed by atoms with Crippen LogP contribution in [-0.4, -0.2) is 36.4 Å². The minimum atomic E-state index is 0.166.